The highest BCUT2D eigenvalue weighted by Crippen LogP contribution is 2.28. The highest BCUT2D eigenvalue weighted by atomic mass is 35.5. The van der Waals surface area contributed by atoms with Gasteiger partial charge in [-0.2, -0.15) is 0 Å². The Kier molecular flexibility index (Phi) is 4.63. The Bertz CT molecular complexity index is 603. The molecule has 1 aromatic carbocycles. The van der Waals surface area contributed by atoms with E-state index in [9.17, 15) is 0 Å². The molecule has 0 aliphatic heterocycles. The number of pyridine rings is 1. The zero-order valence-corrected chi connectivity index (χ0v) is 13.0. The first-order chi connectivity index (χ1) is 9.49. The van der Waals surface area contributed by atoms with Crippen LogP contribution in [-0.2, 0) is 6.54 Å². The Morgan fingerprint density at radius 3 is 2.35 bits per heavy atom. The number of aromatic nitrogens is 1. The maximum Gasteiger partial charge on any atom is 0.219 e. The molecule has 0 aliphatic rings. The lowest BCUT2D eigenvalue weighted by Crippen LogP contribution is -2.06. The van der Waals surface area contributed by atoms with Crippen molar-refractivity contribution in [1.82, 2.24) is 10.3 Å². The molecule has 0 saturated carbocycles. The van der Waals surface area contributed by atoms with E-state index in [0.717, 1.165) is 39.7 Å². The van der Waals surface area contributed by atoms with Crippen LogP contribution in [0.5, 0.6) is 11.6 Å². The van der Waals surface area contributed by atoms with E-state index in [2.05, 4.69) is 10.3 Å². The molecule has 0 bridgehead atoms. The van der Waals surface area contributed by atoms with Crippen LogP contribution in [0.1, 0.15) is 22.4 Å². The van der Waals surface area contributed by atoms with Crippen LogP contribution in [0.2, 0.25) is 5.02 Å². The topological polar surface area (TPSA) is 34.2 Å². The molecule has 0 saturated heterocycles. The van der Waals surface area contributed by atoms with Gasteiger partial charge in [0.1, 0.15) is 5.75 Å². The van der Waals surface area contributed by atoms with Crippen LogP contribution < -0.4 is 10.1 Å². The van der Waals surface area contributed by atoms with Crippen LogP contribution in [0.4, 0.5) is 0 Å². The smallest absolute Gasteiger partial charge is 0.219 e. The molecule has 4 heteroatoms. The Hall–Kier alpha value is -1.58. The fraction of sp³-hybridized carbons (Fsp3) is 0.312. The standard InChI is InChI=1S/C16H19ClN2O/c1-10-5-14(6-11(2)16(10)17)20-15-8-13(9-18-4)7-12(3)19-15/h5-8,18H,9H2,1-4H3. The van der Waals surface area contributed by atoms with Gasteiger partial charge in [0, 0.05) is 23.3 Å². The molecule has 2 aromatic rings. The van der Waals surface area contributed by atoms with E-state index in [1.807, 2.05) is 52.1 Å². The number of hydrogen-bond donors (Lipinski definition) is 1. The minimum atomic E-state index is 0.608. The highest BCUT2D eigenvalue weighted by Gasteiger charge is 2.07. The van der Waals surface area contributed by atoms with Crippen LogP contribution in [0.3, 0.4) is 0 Å². The SMILES string of the molecule is CNCc1cc(C)nc(Oc2cc(C)c(Cl)c(C)c2)c1. The second-order valence-electron chi connectivity index (χ2n) is 4.96. The minimum absolute atomic E-state index is 0.608. The van der Waals surface area contributed by atoms with Crippen molar-refractivity contribution >= 4 is 11.6 Å². The Morgan fingerprint density at radius 1 is 1.10 bits per heavy atom. The van der Waals surface area contributed by atoms with Crippen molar-refractivity contribution in [1.29, 1.82) is 0 Å². The molecule has 0 amide bonds. The number of halogens is 1. The van der Waals surface area contributed by atoms with Gasteiger partial charge in [0.05, 0.1) is 0 Å². The lowest BCUT2D eigenvalue weighted by Gasteiger charge is -2.11. The lowest BCUT2D eigenvalue weighted by molar-refractivity contribution is 0.460. The summed E-state index contributed by atoms with van der Waals surface area (Å²) in [5.41, 5.74) is 4.10. The summed E-state index contributed by atoms with van der Waals surface area (Å²) in [5.74, 6) is 1.37. The van der Waals surface area contributed by atoms with Gasteiger partial charge >= 0.3 is 0 Å². The van der Waals surface area contributed by atoms with E-state index in [4.69, 9.17) is 16.3 Å². The third-order valence-electron chi connectivity index (χ3n) is 3.00. The summed E-state index contributed by atoms with van der Waals surface area (Å²) in [7, 11) is 1.92. The number of ether oxygens (including phenoxy) is 1. The van der Waals surface area contributed by atoms with Gasteiger partial charge in [-0.15, -0.1) is 0 Å². The summed E-state index contributed by atoms with van der Waals surface area (Å²) in [6.45, 7) is 6.69. The second kappa shape index (κ2) is 6.25. The molecule has 2 rings (SSSR count). The zero-order chi connectivity index (χ0) is 14.7. The highest BCUT2D eigenvalue weighted by molar-refractivity contribution is 6.32. The maximum atomic E-state index is 6.16. The van der Waals surface area contributed by atoms with E-state index in [0.29, 0.717) is 5.88 Å². The first-order valence-corrected chi connectivity index (χ1v) is 6.94. The first kappa shape index (κ1) is 14.8. The number of aryl methyl sites for hydroxylation is 3. The van der Waals surface area contributed by atoms with Gasteiger partial charge < -0.3 is 10.1 Å². The van der Waals surface area contributed by atoms with E-state index >= 15 is 0 Å². The van der Waals surface area contributed by atoms with Gasteiger partial charge in [0.15, 0.2) is 0 Å². The van der Waals surface area contributed by atoms with E-state index in [1.165, 1.54) is 0 Å². The van der Waals surface area contributed by atoms with Crippen molar-refractivity contribution in [3.05, 3.63) is 51.7 Å². The number of nitrogens with zero attached hydrogens (tertiary/aromatic N) is 1. The van der Waals surface area contributed by atoms with Crippen molar-refractivity contribution in [2.24, 2.45) is 0 Å². The van der Waals surface area contributed by atoms with Gasteiger partial charge in [0.2, 0.25) is 5.88 Å². The second-order valence-corrected chi connectivity index (χ2v) is 5.34. The molecule has 0 unspecified atom stereocenters. The van der Waals surface area contributed by atoms with Crippen molar-refractivity contribution in [3.63, 3.8) is 0 Å². The third kappa shape index (κ3) is 3.50. The molecular formula is C16H19ClN2O. The number of rotatable bonds is 4. The predicted molar refractivity (Wildman–Crippen MR) is 82.7 cm³/mol. The molecule has 0 radical (unpaired) electrons. The fourth-order valence-electron chi connectivity index (χ4n) is 2.15. The lowest BCUT2D eigenvalue weighted by atomic mass is 10.1. The summed E-state index contributed by atoms with van der Waals surface area (Å²) in [4.78, 5) is 4.41. The molecule has 0 spiro atoms. The largest absolute Gasteiger partial charge is 0.439 e. The molecule has 3 nitrogen and oxygen atoms in total. The Labute approximate surface area is 124 Å². The van der Waals surface area contributed by atoms with Gasteiger partial charge in [-0.25, -0.2) is 4.98 Å². The number of hydrogen-bond acceptors (Lipinski definition) is 3. The molecule has 1 aromatic heterocycles. The van der Waals surface area contributed by atoms with Crippen LogP contribution in [-0.4, -0.2) is 12.0 Å². The average molecular weight is 291 g/mol. The van der Waals surface area contributed by atoms with Gasteiger partial charge in [0.25, 0.3) is 0 Å². The van der Waals surface area contributed by atoms with Crippen molar-refractivity contribution in [3.8, 4) is 11.6 Å². The van der Waals surface area contributed by atoms with Crippen LogP contribution in [0.15, 0.2) is 24.3 Å². The van der Waals surface area contributed by atoms with E-state index < -0.39 is 0 Å². The summed E-state index contributed by atoms with van der Waals surface area (Å²) in [5, 5.41) is 3.91. The Morgan fingerprint density at radius 2 is 1.75 bits per heavy atom. The number of nitrogens with one attached hydrogen (secondary N) is 1. The van der Waals surface area contributed by atoms with Crippen molar-refractivity contribution < 1.29 is 4.74 Å². The van der Waals surface area contributed by atoms with Gasteiger partial charge in [-0.3, -0.25) is 0 Å². The molecule has 106 valence electrons. The molecule has 0 atom stereocenters. The van der Waals surface area contributed by atoms with Crippen LogP contribution in [0.25, 0.3) is 0 Å². The van der Waals surface area contributed by atoms with Crippen molar-refractivity contribution in [2.75, 3.05) is 7.05 Å². The van der Waals surface area contributed by atoms with Crippen LogP contribution >= 0.6 is 11.6 Å². The molecule has 0 aliphatic carbocycles. The van der Waals surface area contributed by atoms with E-state index in [1.54, 1.807) is 0 Å². The predicted octanol–water partition coefficient (Wildman–Crippen LogP) is 4.17. The molecule has 0 fully saturated rings. The van der Waals surface area contributed by atoms with Gasteiger partial charge in [-0.05, 0) is 62.7 Å². The normalized spacial score (nSPS) is 10.7. The molecule has 20 heavy (non-hydrogen) atoms. The summed E-state index contributed by atoms with van der Waals surface area (Å²) < 4.78 is 5.87. The third-order valence-corrected chi connectivity index (χ3v) is 3.60. The quantitative estimate of drug-likeness (QED) is 0.917. The summed E-state index contributed by atoms with van der Waals surface area (Å²) in [6.07, 6.45) is 0. The summed E-state index contributed by atoms with van der Waals surface area (Å²) in [6, 6.07) is 7.85. The first-order valence-electron chi connectivity index (χ1n) is 6.56. The monoisotopic (exact) mass is 290 g/mol. The van der Waals surface area contributed by atoms with Crippen molar-refractivity contribution in [2.45, 2.75) is 27.3 Å². The zero-order valence-electron chi connectivity index (χ0n) is 12.2. The average Bonchev–Trinajstić information content (AvgIpc) is 2.35. The van der Waals surface area contributed by atoms with E-state index in [-0.39, 0.29) is 0 Å². The Balaban J connectivity index is 2.30. The number of benzene rings is 1. The fourth-order valence-corrected chi connectivity index (χ4v) is 2.26. The molecular weight excluding hydrogens is 272 g/mol. The van der Waals surface area contributed by atoms with Crippen LogP contribution in [0, 0.1) is 20.8 Å². The summed E-state index contributed by atoms with van der Waals surface area (Å²) >= 11 is 6.16. The molecule has 1 heterocycles. The van der Waals surface area contributed by atoms with Gasteiger partial charge in [-0.1, -0.05) is 11.6 Å². The molecule has 1 N–H and O–H groups in total. The minimum Gasteiger partial charge on any atom is -0.439 e. The maximum absolute atomic E-state index is 6.16.